The molecule has 16 heavy (non-hydrogen) atoms. The summed E-state index contributed by atoms with van der Waals surface area (Å²) in [5, 5.41) is 9.43. The second-order valence-corrected chi connectivity index (χ2v) is 4.45. The van der Waals surface area contributed by atoms with Crippen molar-refractivity contribution in [1.29, 1.82) is 0 Å². The number of allylic oxidation sites excluding steroid dienone is 2. The van der Waals surface area contributed by atoms with Crippen LogP contribution in [-0.4, -0.2) is 11.1 Å². The average Bonchev–Trinajstić information content (AvgIpc) is 2.89. The molecule has 0 aromatic heterocycles. The van der Waals surface area contributed by atoms with Gasteiger partial charge in [-0.2, -0.15) is 0 Å². The molecule has 1 aromatic rings. The Kier molecular flexibility index (Phi) is 1.81. The molecular formula is C14H12O2. The Morgan fingerprint density at radius 1 is 1.31 bits per heavy atom. The van der Waals surface area contributed by atoms with E-state index < -0.39 is 11.4 Å². The molecule has 2 nitrogen and oxygen atoms in total. The Bertz CT molecular complexity index is 499. The lowest BCUT2D eigenvalue weighted by atomic mass is 9.79. The lowest BCUT2D eigenvalue weighted by Gasteiger charge is -2.23. The topological polar surface area (TPSA) is 37.3 Å². The van der Waals surface area contributed by atoms with Crippen molar-refractivity contribution in [1.82, 2.24) is 0 Å². The number of hydrogen-bond acceptors (Lipinski definition) is 1. The molecule has 1 aromatic carbocycles. The predicted octanol–water partition coefficient (Wildman–Crippen LogP) is 2.73. The zero-order valence-corrected chi connectivity index (χ0v) is 8.76. The van der Waals surface area contributed by atoms with Crippen LogP contribution in [0.15, 0.2) is 48.6 Å². The van der Waals surface area contributed by atoms with Gasteiger partial charge in [0.2, 0.25) is 0 Å². The van der Waals surface area contributed by atoms with E-state index in [1.54, 1.807) is 0 Å². The first kappa shape index (κ1) is 9.40. The predicted molar refractivity (Wildman–Crippen MR) is 61.7 cm³/mol. The molecule has 2 aliphatic rings. The summed E-state index contributed by atoms with van der Waals surface area (Å²) in [7, 11) is 0. The maximum atomic E-state index is 11.5. The maximum Gasteiger partial charge on any atom is 0.318 e. The van der Waals surface area contributed by atoms with Crippen LogP contribution in [0.5, 0.6) is 0 Å². The van der Waals surface area contributed by atoms with Gasteiger partial charge in [-0.15, -0.1) is 0 Å². The summed E-state index contributed by atoms with van der Waals surface area (Å²) in [5.41, 5.74) is 1.20. The zero-order valence-electron chi connectivity index (χ0n) is 8.76. The molecule has 2 bridgehead atoms. The molecule has 0 fully saturated rings. The van der Waals surface area contributed by atoms with Crippen LogP contribution in [0.3, 0.4) is 0 Å². The third kappa shape index (κ3) is 1.10. The lowest BCUT2D eigenvalue weighted by Crippen LogP contribution is -2.26. The third-order valence-electron chi connectivity index (χ3n) is 3.51. The number of carboxylic acids is 1. The summed E-state index contributed by atoms with van der Waals surface area (Å²) in [4.78, 5) is 11.5. The molecule has 0 spiro atoms. The highest BCUT2D eigenvalue weighted by Crippen LogP contribution is 2.53. The maximum absolute atomic E-state index is 11.5. The van der Waals surface area contributed by atoms with Crippen LogP contribution < -0.4 is 0 Å². The molecule has 3 rings (SSSR count). The Hall–Kier alpha value is -1.83. The highest BCUT2D eigenvalue weighted by atomic mass is 16.4. The van der Waals surface area contributed by atoms with Gasteiger partial charge in [-0.3, -0.25) is 4.79 Å². The molecule has 2 atom stereocenters. The molecular weight excluding hydrogens is 200 g/mol. The van der Waals surface area contributed by atoms with Gasteiger partial charge in [0, 0.05) is 0 Å². The first-order valence-electron chi connectivity index (χ1n) is 5.43. The molecule has 2 aliphatic carbocycles. The average molecular weight is 212 g/mol. The van der Waals surface area contributed by atoms with Crippen molar-refractivity contribution >= 4 is 11.5 Å². The van der Waals surface area contributed by atoms with E-state index >= 15 is 0 Å². The van der Waals surface area contributed by atoms with Crippen LogP contribution in [-0.2, 0) is 4.79 Å². The number of carbonyl (C=O) groups is 1. The molecule has 2 unspecified atom stereocenters. The fourth-order valence-electron chi connectivity index (χ4n) is 2.72. The van der Waals surface area contributed by atoms with E-state index in [0.717, 1.165) is 11.1 Å². The molecule has 0 radical (unpaired) electrons. The molecule has 0 aliphatic heterocycles. The molecule has 1 N–H and O–H groups in total. The minimum Gasteiger partial charge on any atom is -0.480 e. The van der Waals surface area contributed by atoms with Crippen molar-refractivity contribution in [3.63, 3.8) is 0 Å². The van der Waals surface area contributed by atoms with Gasteiger partial charge >= 0.3 is 5.97 Å². The minimum absolute atomic E-state index is 0.298. The Morgan fingerprint density at radius 2 is 2.06 bits per heavy atom. The van der Waals surface area contributed by atoms with Gasteiger partial charge in [-0.25, -0.2) is 0 Å². The van der Waals surface area contributed by atoms with Crippen molar-refractivity contribution in [2.75, 3.05) is 0 Å². The minimum atomic E-state index is -0.772. The number of fused-ring (bicyclic) bond motifs is 2. The van der Waals surface area contributed by atoms with Gasteiger partial charge in [-0.05, 0) is 23.5 Å². The number of carboxylic acid groups (broad SMARTS) is 1. The van der Waals surface area contributed by atoms with Crippen molar-refractivity contribution in [2.24, 2.45) is 11.3 Å². The summed E-state index contributed by atoms with van der Waals surface area (Å²) < 4.78 is 0. The summed E-state index contributed by atoms with van der Waals surface area (Å²) in [5.74, 6) is -0.440. The second-order valence-electron chi connectivity index (χ2n) is 4.45. The van der Waals surface area contributed by atoms with Crippen molar-refractivity contribution in [3.05, 3.63) is 54.1 Å². The van der Waals surface area contributed by atoms with Crippen molar-refractivity contribution < 1.29 is 9.90 Å². The van der Waals surface area contributed by atoms with Gasteiger partial charge in [0.25, 0.3) is 0 Å². The summed E-state index contributed by atoms with van der Waals surface area (Å²) in [6.45, 7) is 0. The molecule has 0 heterocycles. The van der Waals surface area contributed by atoms with Crippen LogP contribution in [0.25, 0.3) is 5.57 Å². The number of hydrogen-bond donors (Lipinski definition) is 1. The molecule has 0 saturated heterocycles. The fourth-order valence-corrected chi connectivity index (χ4v) is 2.72. The summed E-state index contributed by atoms with van der Waals surface area (Å²) in [6.07, 6.45) is 6.62. The highest BCUT2D eigenvalue weighted by Gasteiger charge is 2.49. The van der Waals surface area contributed by atoms with Gasteiger partial charge in [0.1, 0.15) is 5.41 Å². The quantitative estimate of drug-likeness (QED) is 0.765. The van der Waals surface area contributed by atoms with Crippen molar-refractivity contribution in [2.45, 2.75) is 6.42 Å². The van der Waals surface area contributed by atoms with Gasteiger partial charge < -0.3 is 5.11 Å². The van der Waals surface area contributed by atoms with E-state index in [2.05, 4.69) is 6.08 Å². The van der Waals surface area contributed by atoms with Crippen LogP contribution in [0.4, 0.5) is 0 Å². The van der Waals surface area contributed by atoms with Gasteiger partial charge in [-0.1, -0.05) is 48.6 Å². The van der Waals surface area contributed by atoms with Crippen LogP contribution in [0, 0.1) is 11.3 Å². The fraction of sp³-hybridized carbons (Fsp3) is 0.214. The normalized spacial score (nSPS) is 30.5. The zero-order chi connectivity index (χ0) is 11.2. The Labute approximate surface area is 93.9 Å². The summed E-state index contributed by atoms with van der Waals surface area (Å²) in [6, 6.07) is 9.79. The number of aliphatic carboxylic acids is 1. The van der Waals surface area contributed by atoms with E-state index in [4.69, 9.17) is 0 Å². The first-order chi connectivity index (χ1) is 7.72. The number of benzene rings is 1. The van der Waals surface area contributed by atoms with E-state index in [1.807, 2.05) is 42.5 Å². The SMILES string of the molecule is O=C(O)C12C=CC(C=C1c1ccccc1)C2. The van der Waals surface area contributed by atoms with Gasteiger partial charge in [0.15, 0.2) is 0 Å². The standard InChI is InChI=1S/C14H12O2/c15-13(16)14-7-6-10(9-14)8-12(14)11-4-2-1-3-5-11/h1-8,10H,9H2,(H,15,16). The first-order valence-corrected chi connectivity index (χ1v) is 5.43. The van der Waals surface area contributed by atoms with Crippen molar-refractivity contribution in [3.8, 4) is 0 Å². The Morgan fingerprint density at radius 3 is 2.69 bits per heavy atom. The largest absolute Gasteiger partial charge is 0.480 e. The van der Waals surface area contributed by atoms with E-state index in [0.29, 0.717) is 12.3 Å². The van der Waals surface area contributed by atoms with Gasteiger partial charge in [0.05, 0.1) is 0 Å². The molecule has 2 heteroatoms. The molecule has 80 valence electrons. The number of rotatable bonds is 2. The monoisotopic (exact) mass is 212 g/mol. The second kappa shape index (κ2) is 3.08. The Balaban J connectivity index is 2.11. The molecule has 0 amide bonds. The van der Waals surface area contributed by atoms with E-state index in [1.165, 1.54) is 0 Å². The smallest absolute Gasteiger partial charge is 0.318 e. The molecule has 0 saturated carbocycles. The summed E-state index contributed by atoms with van der Waals surface area (Å²) >= 11 is 0. The van der Waals surface area contributed by atoms with E-state index in [9.17, 15) is 9.90 Å². The third-order valence-corrected chi connectivity index (χ3v) is 3.51. The van der Waals surface area contributed by atoms with Crippen LogP contribution >= 0.6 is 0 Å². The highest BCUT2D eigenvalue weighted by molar-refractivity contribution is 5.97. The van der Waals surface area contributed by atoms with E-state index in [-0.39, 0.29) is 0 Å². The van der Waals surface area contributed by atoms with Crippen LogP contribution in [0.2, 0.25) is 0 Å². The lowest BCUT2D eigenvalue weighted by molar-refractivity contribution is -0.142. The van der Waals surface area contributed by atoms with Crippen LogP contribution in [0.1, 0.15) is 12.0 Å².